The molecule has 7 heteroatoms. The number of benzene rings is 1. The number of rotatable bonds is 2. The number of carbonyl (C=O) groups is 2. The van der Waals surface area contributed by atoms with E-state index in [4.69, 9.17) is 5.41 Å². The fourth-order valence-electron chi connectivity index (χ4n) is 4.18. The standard InChI is InChI=1S/C22H32N4O3/c1-21(2,3)15-8-6-14(7-9-15)17-18(28)25(5)20(23)24-22(17,4)19(29)26-12-10-16(27)11-13-26/h6-9,16-17,27H,10-13H2,1-5H3,(H2,23,24)/t17-,22+/m1/s1. The maximum absolute atomic E-state index is 13.5. The third-order valence-corrected chi connectivity index (χ3v) is 6.17. The molecule has 3 N–H and O–H groups in total. The Bertz CT molecular complexity index is 806. The fraction of sp³-hybridized carbons (Fsp3) is 0.591. The lowest BCUT2D eigenvalue weighted by Crippen LogP contribution is -2.70. The highest BCUT2D eigenvalue weighted by atomic mass is 16.3. The molecule has 1 aromatic carbocycles. The van der Waals surface area contributed by atoms with Crippen LogP contribution in [0.3, 0.4) is 0 Å². The first-order chi connectivity index (χ1) is 13.4. The molecule has 0 bridgehead atoms. The van der Waals surface area contributed by atoms with Crippen LogP contribution in [0.25, 0.3) is 0 Å². The van der Waals surface area contributed by atoms with Crippen LogP contribution in [-0.2, 0) is 15.0 Å². The first-order valence-corrected chi connectivity index (χ1v) is 10.2. The van der Waals surface area contributed by atoms with E-state index in [0.29, 0.717) is 25.9 Å². The Balaban J connectivity index is 1.99. The zero-order chi connectivity index (χ0) is 21.6. The number of likely N-dealkylation sites (tertiary alicyclic amines) is 1. The van der Waals surface area contributed by atoms with E-state index >= 15 is 0 Å². The third kappa shape index (κ3) is 3.88. The number of piperidine rings is 1. The van der Waals surface area contributed by atoms with Gasteiger partial charge in [0.15, 0.2) is 5.96 Å². The van der Waals surface area contributed by atoms with Gasteiger partial charge in [-0.15, -0.1) is 0 Å². The van der Waals surface area contributed by atoms with Crippen LogP contribution in [0, 0.1) is 5.41 Å². The molecule has 2 fully saturated rings. The number of amides is 2. The third-order valence-electron chi connectivity index (χ3n) is 6.17. The highest BCUT2D eigenvalue weighted by Crippen LogP contribution is 2.36. The number of aliphatic hydroxyl groups excluding tert-OH is 1. The molecule has 0 spiro atoms. The molecule has 158 valence electrons. The van der Waals surface area contributed by atoms with Gasteiger partial charge in [0.25, 0.3) is 0 Å². The van der Waals surface area contributed by atoms with Crippen molar-refractivity contribution in [2.24, 2.45) is 0 Å². The van der Waals surface area contributed by atoms with E-state index in [9.17, 15) is 14.7 Å². The van der Waals surface area contributed by atoms with Crippen LogP contribution in [0.2, 0.25) is 0 Å². The van der Waals surface area contributed by atoms with Gasteiger partial charge in [-0.1, -0.05) is 45.0 Å². The zero-order valence-electron chi connectivity index (χ0n) is 18.0. The molecule has 3 rings (SSSR count). The number of guanidine groups is 1. The summed E-state index contributed by atoms with van der Waals surface area (Å²) in [6.07, 6.45) is 0.661. The summed E-state index contributed by atoms with van der Waals surface area (Å²) in [5.74, 6) is -1.30. The predicted molar refractivity (Wildman–Crippen MR) is 112 cm³/mol. The summed E-state index contributed by atoms with van der Waals surface area (Å²) < 4.78 is 0. The van der Waals surface area contributed by atoms with Gasteiger partial charge in [0.2, 0.25) is 11.8 Å². The van der Waals surface area contributed by atoms with Crippen LogP contribution in [0.4, 0.5) is 0 Å². The average molecular weight is 401 g/mol. The van der Waals surface area contributed by atoms with Crippen molar-refractivity contribution in [1.82, 2.24) is 15.1 Å². The molecule has 2 amide bonds. The van der Waals surface area contributed by atoms with Crippen molar-refractivity contribution in [1.29, 1.82) is 5.41 Å². The average Bonchev–Trinajstić information content (AvgIpc) is 2.66. The van der Waals surface area contributed by atoms with E-state index in [1.165, 1.54) is 4.90 Å². The lowest BCUT2D eigenvalue weighted by molar-refractivity contribution is -0.146. The van der Waals surface area contributed by atoms with E-state index in [2.05, 4.69) is 26.1 Å². The van der Waals surface area contributed by atoms with Gasteiger partial charge in [-0.05, 0) is 36.3 Å². The fourth-order valence-corrected chi connectivity index (χ4v) is 4.18. The van der Waals surface area contributed by atoms with Crippen LogP contribution < -0.4 is 5.32 Å². The lowest BCUT2D eigenvalue weighted by Gasteiger charge is -2.47. The molecular formula is C22H32N4O3. The molecular weight excluding hydrogens is 368 g/mol. The van der Waals surface area contributed by atoms with Gasteiger partial charge in [-0.3, -0.25) is 19.9 Å². The highest BCUT2D eigenvalue weighted by Gasteiger charge is 2.53. The van der Waals surface area contributed by atoms with Crippen molar-refractivity contribution >= 4 is 17.8 Å². The predicted octanol–water partition coefficient (Wildman–Crippen LogP) is 1.81. The molecule has 0 aliphatic carbocycles. The molecule has 2 aliphatic rings. The first kappa shape index (κ1) is 21.3. The van der Waals surface area contributed by atoms with E-state index in [-0.39, 0.29) is 23.2 Å². The van der Waals surface area contributed by atoms with Gasteiger partial charge in [-0.2, -0.15) is 0 Å². The number of aliphatic hydroxyl groups is 1. The van der Waals surface area contributed by atoms with Crippen molar-refractivity contribution in [3.63, 3.8) is 0 Å². The molecule has 2 saturated heterocycles. The highest BCUT2D eigenvalue weighted by molar-refractivity contribution is 6.08. The normalized spacial score (nSPS) is 26.5. The molecule has 0 aromatic heterocycles. The summed E-state index contributed by atoms with van der Waals surface area (Å²) in [7, 11) is 1.55. The number of nitrogens with one attached hydrogen (secondary N) is 2. The Morgan fingerprint density at radius 3 is 2.28 bits per heavy atom. The largest absolute Gasteiger partial charge is 0.393 e. The van der Waals surface area contributed by atoms with Gasteiger partial charge < -0.3 is 15.3 Å². The molecule has 2 atom stereocenters. The molecule has 29 heavy (non-hydrogen) atoms. The summed E-state index contributed by atoms with van der Waals surface area (Å²) in [5.41, 5.74) is 0.631. The minimum atomic E-state index is -1.26. The summed E-state index contributed by atoms with van der Waals surface area (Å²) in [6.45, 7) is 8.99. The zero-order valence-corrected chi connectivity index (χ0v) is 18.0. The summed E-state index contributed by atoms with van der Waals surface area (Å²) in [4.78, 5) is 29.7. The summed E-state index contributed by atoms with van der Waals surface area (Å²) in [6, 6.07) is 7.84. The first-order valence-electron chi connectivity index (χ1n) is 10.2. The number of nitrogens with zero attached hydrogens (tertiary/aromatic N) is 2. The topological polar surface area (TPSA) is 96.7 Å². The molecule has 7 nitrogen and oxygen atoms in total. The SMILES string of the molecule is CN1C(=N)N[C@](C)(C(=O)N2CCC(O)CC2)[C@H](c2ccc(C(C)(C)C)cc2)C1=O. The van der Waals surface area contributed by atoms with Crippen LogP contribution >= 0.6 is 0 Å². The maximum atomic E-state index is 13.5. The Hall–Kier alpha value is -2.41. The van der Waals surface area contributed by atoms with Gasteiger partial charge >= 0.3 is 0 Å². The minimum absolute atomic E-state index is 0.0139. The molecule has 2 aliphatic heterocycles. The van der Waals surface area contributed by atoms with Crippen LogP contribution in [0.15, 0.2) is 24.3 Å². The van der Waals surface area contributed by atoms with Crippen LogP contribution in [0.5, 0.6) is 0 Å². The monoisotopic (exact) mass is 400 g/mol. The molecule has 2 heterocycles. The quantitative estimate of drug-likeness (QED) is 0.705. The molecule has 1 aromatic rings. The van der Waals surface area contributed by atoms with E-state index < -0.39 is 17.6 Å². The number of hydrogen-bond acceptors (Lipinski definition) is 4. The van der Waals surface area contributed by atoms with Crippen molar-refractivity contribution in [3.8, 4) is 0 Å². The number of likely N-dealkylation sites (N-methyl/N-ethyl adjacent to an activating group) is 1. The maximum Gasteiger partial charge on any atom is 0.249 e. The summed E-state index contributed by atoms with van der Waals surface area (Å²) >= 11 is 0. The Labute approximate surface area is 172 Å². The molecule has 0 saturated carbocycles. The van der Waals surface area contributed by atoms with Gasteiger partial charge in [0.1, 0.15) is 5.54 Å². The van der Waals surface area contributed by atoms with Crippen molar-refractivity contribution in [2.75, 3.05) is 20.1 Å². The van der Waals surface area contributed by atoms with Crippen molar-refractivity contribution < 1.29 is 14.7 Å². The summed E-state index contributed by atoms with van der Waals surface area (Å²) in [5, 5.41) is 21.0. The minimum Gasteiger partial charge on any atom is -0.393 e. The molecule has 0 unspecified atom stereocenters. The molecule has 0 radical (unpaired) electrons. The van der Waals surface area contributed by atoms with Crippen LogP contribution in [-0.4, -0.2) is 64.5 Å². The van der Waals surface area contributed by atoms with Crippen molar-refractivity contribution in [2.45, 2.75) is 63.5 Å². The lowest BCUT2D eigenvalue weighted by atomic mass is 9.75. The Morgan fingerprint density at radius 2 is 1.76 bits per heavy atom. The number of hydrogen-bond donors (Lipinski definition) is 3. The second kappa shape index (κ2) is 7.44. The van der Waals surface area contributed by atoms with Crippen LogP contribution in [0.1, 0.15) is 57.6 Å². The van der Waals surface area contributed by atoms with Gasteiger partial charge in [0, 0.05) is 20.1 Å². The van der Waals surface area contributed by atoms with E-state index in [1.54, 1.807) is 18.9 Å². The van der Waals surface area contributed by atoms with Gasteiger partial charge in [0.05, 0.1) is 12.0 Å². The second-order valence-electron chi connectivity index (χ2n) is 9.40. The van der Waals surface area contributed by atoms with Crippen molar-refractivity contribution in [3.05, 3.63) is 35.4 Å². The Morgan fingerprint density at radius 1 is 1.21 bits per heavy atom. The van der Waals surface area contributed by atoms with Gasteiger partial charge in [-0.25, -0.2) is 0 Å². The smallest absolute Gasteiger partial charge is 0.249 e. The van der Waals surface area contributed by atoms with E-state index in [1.807, 2.05) is 24.3 Å². The van der Waals surface area contributed by atoms with E-state index in [0.717, 1.165) is 11.1 Å². The Kier molecular flexibility index (Phi) is 5.47. The second-order valence-corrected chi connectivity index (χ2v) is 9.40. The number of carbonyl (C=O) groups excluding carboxylic acids is 2.